The zero-order valence-corrected chi connectivity index (χ0v) is 14.9. The van der Waals surface area contributed by atoms with E-state index in [9.17, 15) is 9.59 Å². The van der Waals surface area contributed by atoms with Crippen LogP contribution in [0.1, 0.15) is 46.0 Å². The summed E-state index contributed by atoms with van der Waals surface area (Å²) in [6.45, 7) is 9.32. The minimum Gasteiger partial charge on any atom is -0.469 e. The number of methoxy groups -OCH3 is 1. The van der Waals surface area contributed by atoms with Gasteiger partial charge in [-0.3, -0.25) is 4.79 Å². The molecule has 0 bridgehead atoms. The highest BCUT2D eigenvalue weighted by atomic mass is 16.5. The van der Waals surface area contributed by atoms with Crippen LogP contribution in [0.25, 0.3) is 0 Å². The standard InChI is InChI=1S/C17H33N3O3/c1-14-11-15(2)13-20(12-14)10-6-9-19-17(22)18-8-5-4-7-16(21)23-3/h14-15H,4-13H2,1-3H3,(H2,18,19,22). The number of ether oxygens (including phenoxy) is 1. The van der Waals surface area contributed by atoms with E-state index in [0.29, 0.717) is 19.5 Å². The van der Waals surface area contributed by atoms with Crippen molar-refractivity contribution in [3.63, 3.8) is 0 Å². The molecule has 0 aromatic carbocycles. The Bertz CT molecular complexity index is 353. The van der Waals surface area contributed by atoms with Crippen molar-refractivity contribution in [2.45, 2.75) is 46.0 Å². The summed E-state index contributed by atoms with van der Waals surface area (Å²) in [4.78, 5) is 25.1. The molecule has 2 N–H and O–H groups in total. The molecule has 0 saturated carbocycles. The SMILES string of the molecule is COC(=O)CCCCNC(=O)NCCCN1CC(C)CC(C)C1. The summed E-state index contributed by atoms with van der Waals surface area (Å²) in [7, 11) is 1.39. The Balaban J connectivity index is 1.96. The van der Waals surface area contributed by atoms with Gasteiger partial charge in [0, 0.05) is 32.6 Å². The Kier molecular flexibility index (Phi) is 9.67. The number of hydrogen-bond donors (Lipinski definition) is 2. The number of amides is 2. The highest BCUT2D eigenvalue weighted by molar-refractivity contribution is 5.73. The van der Waals surface area contributed by atoms with E-state index >= 15 is 0 Å². The number of esters is 1. The lowest BCUT2D eigenvalue weighted by Gasteiger charge is -2.34. The van der Waals surface area contributed by atoms with Gasteiger partial charge in [0.1, 0.15) is 0 Å². The summed E-state index contributed by atoms with van der Waals surface area (Å²) in [6.07, 6.45) is 4.24. The Morgan fingerprint density at radius 1 is 1.04 bits per heavy atom. The molecular weight excluding hydrogens is 294 g/mol. The van der Waals surface area contributed by atoms with Gasteiger partial charge in [0.15, 0.2) is 0 Å². The van der Waals surface area contributed by atoms with Crippen molar-refractivity contribution in [3.05, 3.63) is 0 Å². The molecule has 0 aromatic heterocycles. The van der Waals surface area contributed by atoms with E-state index in [-0.39, 0.29) is 12.0 Å². The number of rotatable bonds is 9. The second-order valence-electron chi connectivity index (χ2n) is 6.78. The third kappa shape index (κ3) is 9.43. The van der Waals surface area contributed by atoms with Gasteiger partial charge in [-0.2, -0.15) is 0 Å². The lowest BCUT2D eigenvalue weighted by Crippen LogP contribution is -2.41. The van der Waals surface area contributed by atoms with Crippen LogP contribution in [-0.4, -0.2) is 56.7 Å². The smallest absolute Gasteiger partial charge is 0.314 e. The van der Waals surface area contributed by atoms with Gasteiger partial charge < -0.3 is 20.3 Å². The number of nitrogens with one attached hydrogen (secondary N) is 2. The summed E-state index contributed by atoms with van der Waals surface area (Å²) >= 11 is 0. The number of hydrogen-bond acceptors (Lipinski definition) is 4. The lowest BCUT2D eigenvalue weighted by atomic mass is 9.92. The van der Waals surface area contributed by atoms with Gasteiger partial charge in [-0.05, 0) is 44.1 Å². The molecular formula is C17H33N3O3. The first-order valence-electron chi connectivity index (χ1n) is 8.82. The molecule has 1 heterocycles. The maximum absolute atomic E-state index is 11.6. The van der Waals surface area contributed by atoms with Crippen molar-refractivity contribution < 1.29 is 14.3 Å². The predicted octanol–water partition coefficient (Wildman–Crippen LogP) is 2.00. The van der Waals surface area contributed by atoms with E-state index in [4.69, 9.17) is 0 Å². The zero-order valence-electron chi connectivity index (χ0n) is 14.9. The lowest BCUT2D eigenvalue weighted by molar-refractivity contribution is -0.140. The van der Waals surface area contributed by atoms with Gasteiger partial charge in [-0.1, -0.05) is 13.8 Å². The first-order chi connectivity index (χ1) is 11.0. The van der Waals surface area contributed by atoms with E-state index in [0.717, 1.165) is 37.6 Å². The Hall–Kier alpha value is -1.30. The summed E-state index contributed by atoms with van der Waals surface area (Å²) in [6, 6.07) is -0.122. The molecule has 0 aliphatic carbocycles. The average molecular weight is 327 g/mol. The van der Waals surface area contributed by atoms with Crippen LogP contribution in [0.3, 0.4) is 0 Å². The molecule has 6 heteroatoms. The van der Waals surface area contributed by atoms with Gasteiger partial charge in [0.2, 0.25) is 0 Å². The average Bonchev–Trinajstić information content (AvgIpc) is 2.50. The van der Waals surface area contributed by atoms with Crippen LogP contribution in [0.15, 0.2) is 0 Å². The number of piperidine rings is 1. The van der Waals surface area contributed by atoms with E-state index in [2.05, 4.69) is 34.1 Å². The summed E-state index contributed by atoms with van der Waals surface area (Å²) < 4.78 is 4.56. The van der Waals surface area contributed by atoms with Crippen LogP contribution in [0.4, 0.5) is 4.79 Å². The fourth-order valence-electron chi connectivity index (χ4n) is 3.24. The zero-order chi connectivity index (χ0) is 17.1. The summed E-state index contributed by atoms with van der Waals surface area (Å²) in [5.74, 6) is 1.36. The fourth-order valence-corrected chi connectivity index (χ4v) is 3.24. The molecule has 1 aliphatic rings. The minimum absolute atomic E-state index is 0.122. The van der Waals surface area contributed by atoms with E-state index < -0.39 is 0 Å². The Morgan fingerprint density at radius 2 is 1.65 bits per heavy atom. The van der Waals surface area contributed by atoms with Crippen LogP contribution in [-0.2, 0) is 9.53 Å². The van der Waals surface area contributed by atoms with E-state index in [1.54, 1.807) is 0 Å². The number of carbonyl (C=O) groups is 2. The number of likely N-dealkylation sites (tertiary alicyclic amines) is 1. The predicted molar refractivity (Wildman–Crippen MR) is 91.3 cm³/mol. The van der Waals surface area contributed by atoms with Crippen molar-refractivity contribution in [2.24, 2.45) is 11.8 Å². The molecule has 1 rings (SSSR count). The van der Waals surface area contributed by atoms with Crippen molar-refractivity contribution in [2.75, 3.05) is 39.8 Å². The monoisotopic (exact) mass is 327 g/mol. The molecule has 2 atom stereocenters. The van der Waals surface area contributed by atoms with Gasteiger partial charge in [-0.25, -0.2) is 4.79 Å². The number of nitrogens with zero attached hydrogens (tertiary/aromatic N) is 1. The van der Waals surface area contributed by atoms with Crippen molar-refractivity contribution in [1.29, 1.82) is 0 Å². The minimum atomic E-state index is -0.198. The molecule has 0 radical (unpaired) electrons. The first kappa shape index (κ1) is 19.7. The van der Waals surface area contributed by atoms with Crippen LogP contribution in [0.2, 0.25) is 0 Å². The van der Waals surface area contributed by atoms with Crippen molar-refractivity contribution in [1.82, 2.24) is 15.5 Å². The summed E-state index contributed by atoms with van der Waals surface area (Å²) in [5, 5.41) is 5.70. The normalized spacial score (nSPS) is 21.7. The first-order valence-corrected chi connectivity index (χ1v) is 8.82. The Morgan fingerprint density at radius 3 is 2.26 bits per heavy atom. The number of unbranched alkanes of at least 4 members (excludes halogenated alkanes) is 1. The number of urea groups is 1. The maximum atomic E-state index is 11.6. The molecule has 23 heavy (non-hydrogen) atoms. The molecule has 2 unspecified atom stereocenters. The van der Waals surface area contributed by atoms with Gasteiger partial charge >= 0.3 is 12.0 Å². The second-order valence-corrected chi connectivity index (χ2v) is 6.78. The van der Waals surface area contributed by atoms with Crippen LogP contribution >= 0.6 is 0 Å². The molecule has 0 spiro atoms. The molecule has 1 saturated heterocycles. The molecule has 6 nitrogen and oxygen atoms in total. The number of carbonyl (C=O) groups excluding carboxylic acids is 2. The highest BCUT2D eigenvalue weighted by Crippen LogP contribution is 2.20. The molecule has 2 amide bonds. The van der Waals surface area contributed by atoms with E-state index in [1.165, 1.54) is 26.6 Å². The molecule has 0 aromatic rings. The van der Waals surface area contributed by atoms with Gasteiger partial charge in [0.05, 0.1) is 7.11 Å². The largest absolute Gasteiger partial charge is 0.469 e. The maximum Gasteiger partial charge on any atom is 0.314 e. The summed E-state index contributed by atoms with van der Waals surface area (Å²) in [5.41, 5.74) is 0. The second kappa shape index (κ2) is 11.3. The molecule has 1 fully saturated rings. The van der Waals surface area contributed by atoms with Crippen LogP contribution < -0.4 is 10.6 Å². The van der Waals surface area contributed by atoms with Gasteiger partial charge in [-0.15, -0.1) is 0 Å². The van der Waals surface area contributed by atoms with E-state index in [1.807, 2.05) is 0 Å². The van der Waals surface area contributed by atoms with Crippen molar-refractivity contribution >= 4 is 12.0 Å². The fraction of sp³-hybridized carbons (Fsp3) is 0.882. The molecule has 134 valence electrons. The topological polar surface area (TPSA) is 70.7 Å². The van der Waals surface area contributed by atoms with Gasteiger partial charge in [0.25, 0.3) is 0 Å². The third-order valence-corrected chi connectivity index (χ3v) is 4.20. The third-order valence-electron chi connectivity index (χ3n) is 4.20. The van der Waals surface area contributed by atoms with Crippen molar-refractivity contribution in [3.8, 4) is 0 Å². The van der Waals surface area contributed by atoms with Crippen LogP contribution in [0.5, 0.6) is 0 Å². The molecule has 1 aliphatic heterocycles. The highest BCUT2D eigenvalue weighted by Gasteiger charge is 2.20. The quantitative estimate of drug-likeness (QED) is 0.502. The Labute approximate surface area is 140 Å². The van der Waals surface area contributed by atoms with Crippen LogP contribution in [0, 0.1) is 11.8 Å².